The summed E-state index contributed by atoms with van der Waals surface area (Å²) in [5.41, 5.74) is 0.529. The number of amides is 1. The number of carbonyl (C=O) groups excluding carboxylic acids is 1. The average molecular weight is 232 g/mol. The van der Waals surface area contributed by atoms with Crippen molar-refractivity contribution in [2.75, 3.05) is 5.32 Å². The Morgan fingerprint density at radius 3 is 2.42 bits per heavy atom. The Bertz CT molecular complexity index is 299. The van der Waals surface area contributed by atoms with Crippen LogP contribution in [0.2, 0.25) is 0 Å². The van der Waals surface area contributed by atoms with E-state index in [1.807, 2.05) is 0 Å². The summed E-state index contributed by atoms with van der Waals surface area (Å²) in [6.07, 6.45) is 0. The molecule has 1 amide bonds. The van der Waals surface area contributed by atoms with Gasteiger partial charge >= 0.3 is 73.1 Å². The molecule has 0 aromatic heterocycles. The van der Waals surface area contributed by atoms with Crippen molar-refractivity contribution in [2.45, 2.75) is 0 Å². The van der Waals surface area contributed by atoms with Gasteiger partial charge in [-0.15, -0.1) is 0 Å². The van der Waals surface area contributed by atoms with E-state index in [0.717, 1.165) is 0 Å². The van der Waals surface area contributed by atoms with Gasteiger partial charge in [-0.25, -0.2) is 0 Å². The van der Waals surface area contributed by atoms with Gasteiger partial charge in [0, 0.05) is 0 Å². The van der Waals surface area contributed by atoms with Crippen molar-refractivity contribution in [3.63, 3.8) is 0 Å². The van der Waals surface area contributed by atoms with E-state index in [1.54, 1.807) is 30.3 Å². The van der Waals surface area contributed by atoms with Crippen LogP contribution < -0.4 is 5.32 Å². The second kappa shape index (κ2) is 4.11. The first-order chi connectivity index (χ1) is 5.70. The molecule has 1 atom stereocenters. The summed E-state index contributed by atoms with van der Waals surface area (Å²) in [4.78, 5) is 9.88. The first-order valence-electron chi connectivity index (χ1n) is 3.17. The van der Waals surface area contributed by atoms with Gasteiger partial charge in [0.15, 0.2) is 0 Å². The van der Waals surface area contributed by atoms with Gasteiger partial charge in [-0.3, -0.25) is 0 Å². The molecule has 12 heavy (non-hydrogen) atoms. The molecule has 1 rings (SSSR count). The van der Waals surface area contributed by atoms with Crippen molar-refractivity contribution >= 4 is 24.7 Å². The van der Waals surface area contributed by atoms with Crippen molar-refractivity contribution in [3.05, 3.63) is 30.3 Å². The Balaban J connectivity index is 2.65. The van der Waals surface area contributed by atoms with E-state index in [-0.39, 0.29) is 0 Å². The molecule has 4 nitrogen and oxygen atoms in total. The number of hydrogen-bond donors (Lipinski definition) is 2. The van der Waals surface area contributed by atoms with Crippen LogP contribution in [0.15, 0.2) is 30.3 Å². The second-order valence-electron chi connectivity index (χ2n) is 2.03. The molecule has 0 bridgehead atoms. The van der Waals surface area contributed by atoms with Gasteiger partial charge in [0.1, 0.15) is 0 Å². The van der Waals surface area contributed by atoms with Gasteiger partial charge in [-0.05, 0) is 0 Å². The fraction of sp³-hybridized carbons (Fsp3) is 0. The minimum absolute atomic E-state index is 0.529. The molecule has 0 aliphatic carbocycles. The van der Waals surface area contributed by atoms with Gasteiger partial charge in [-0.1, -0.05) is 0 Å². The number of para-hydroxylation sites is 1. The number of rotatable bonds is 2. The van der Waals surface area contributed by atoms with Crippen molar-refractivity contribution in [2.24, 2.45) is 0 Å². The molecule has 2 N–H and O–H groups in total. The molecule has 0 fully saturated rings. The summed E-state index contributed by atoms with van der Waals surface area (Å²) < 4.78 is 18.7. The SMILES string of the molecule is O=C(Nc1ccccc1)[Se](=O)O. The zero-order valence-corrected chi connectivity index (χ0v) is 7.77. The molecule has 0 saturated heterocycles. The van der Waals surface area contributed by atoms with Crippen molar-refractivity contribution < 1.29 is 12.8 Å². The van der Waals surface area contributed by atoms with E-state index >= 15 is 0 Å². The van der Waals surface area contributed by atoms with Gasteiger partial charge in [0.2, 0.25) is 0 Å². The van der Waals surface area contributed by atoms with Crippen LogP contribution in [0.25, 0.3) is 0 Å². The van der Waals surface area contributed by atoms with Gasteiger partial charge in [0.25, 0.3) is 0 Å². The van der Waals surface area contributed by atoms with Crippen LogP contribution in [0.3, 0.4) is 0 Å². The molecule has 1 unspecified atom stereocenters. The third-order valence-electron chi connectivity index (χ3n) is 1.18. The molecule has 0 spiro atoms. The molecule has 0 aliphatic heterocycles. The third-order valence-corrected chi connectivity index (χ3v) is 2.06. The van der Waals surface area contributed by atoms with E-state index in [9.17, 15) is 8.63 Å². The summed E-state index contributed by atoms with van der Waals surface area (Å²) in [5, 5.41) is 2.30. The van der Waals surface area contributed by atoms with Crippen LogP contribution in [0.4, 0.5) is 10.5 Å². The molecule has 0 heterocycles. The predicted octanol–water partition coefficient (Wildman–Crippen LogP) is 0.711. The van der Waals surface area contributed by atoms with Crippen molar-refractivity contribution in [3.8, 4) is 0 Å². The first kappa shape index (κ1) is 9.06. The van der Waals surface area contributed by atoms with Crippen molar-refractivity contribution in [1.82, 2.24) is 0 Å². The zero-order valence-electron chi connectivity index (χ0n) is 6.06. The molecule has 5 heteroatoms. The summed E-state index contributed by atoms with van der Waals surface area (Å²) >= 11 is -3.31. The maximum absolute atomic E-state index is 10.7. The van der Waals surface area contributed by atoms with E-state index in [1.165, 1.54) is 0 Å². The third kappa shape index (κ3) is 2.54. The maximum atomic E-state index is 10.7. The Hall–Kier alpha value is -1.03. The Morgan fingerprint density at radius 1 is 1.33 bits per heavy atom. The Kier molecular flexibility index (Phi) is 3.10. The normalized spacial score (nSPS) is 12.1. The molecular formula is C7H7NO3Se. The van der Waals surface area contributed by atoms with Crippen LogP contribution in [0, 0.1) is 0 Å². The fourth-order valence-electron chi connectivity index (χ4n) is 0.683. The monoisotopic (exact) mass is 233 g/mol. The molecule has 0 aliphatic rings. The van der Waals surface area contributed by atoms with E-state index in [0.29, 0.717) is 5.69 Å². The topological polar surface area (TPSA) is 66.4 Å². The Morgan fingerprint density at radius 2 is 1.92 bits per heavy atom. The fourth-order valence-corrected chi connectivity index (χ4v) is 1.11. The van der Waals surface area contributed by atoms with E-state index < -0.39 is 19.0 Å². The standard InChI is InChI=1S/C7H7NO3Se/c9-7(12(10)11)8-6-4-2-1-3-5-6/h1-5H,(H,8,9)(H,10,11). The molecule has 0 saturated carbocycles. The molecular weight excluding hydrogens is 225 g/mol. The molecule has 1 aromatic carbocycles. The number of hydrogen-bond acceptors (Lipinski definition) is 2. The van der Waals surface area contributed by atoms with Crippen LogP contribution in [-0.4, -0.2) is 23.2 Å². The van der Waals surface area contributed by atoms with Gasteiger partial charge in [-0.2, -0.15) is 0 Å². The van der Waals surface area contributed by atoms with Crippen LogP contribution in [0.5, 0.6) is 0 Å². The summed E-state index contributed by atoms with van der Waals surface area (Å²) in [5.74, 6) is 0. The summed E-state index contributed by atoms with van der Waals surface area (Å²) in [7, 11) is 0. The quantitative estimate of drug-likeness (QED) is 0.738. The van der Waals surface area contributed by atoms with E-state index in [4.69, 9.17) is 4.19 Å². The van der Waals surface area contributed by atoms with Gasteiger partial charge in [0.05, 0.1) is 0 Å². The van der Waals surface area contributed by atoms with Crippen LogP contribution in [0.1, 0.15) is 0 Å². The van der Waals surface area contributed by atoms with Gasteiger partial charge < -0.3 is 0 Å². The minimum atomic E-state index is -3.31. The summed E-state index contributed by atoms with van der Waals surface area (Å²) in [6.45, 7) is 0. The van der Waals surface area contributed by atoms with E-state index in [2.05, 4.69) is 5.32 Å². The van der Waals surface area contributed by atoms with Crippen LogP contribution >= 0.6 is 0 Å². The molecule has 1 aromatic rings. The van der Waals surface area contributed by atoms with Crippen molar-refractivity contribution in [1.29, 1.82) is 0 Å². The van der Waals surface area contributed by atoms with Crippen LogP contribution in [-0.2, 0) is 3.83 Å². The first-order valence-corrected chi connectivity index (χ1v) is 5.49. The second-order valence-corrected chi connectivity index (χ2v) is 3.85. The number of benzene rings is 1. The molecule has 64 valence electrons. The zero-order chi connectivity index (χ0) is 8.97. The summed E-state index contributed by atoms with van der Waals surface area (Å²) in [6, 6.07) is 8.54. The Labute approximate surface area is 73.6 Å². The number of carbonyl (C=O) groups is 1. The predicted molar refractivity (Wildman–Crippen MR) is 44.1 cm³/mol. The number of nitrogens with one attached hydrogen (secondary N) is 1. The average Bonchev–Trinajstić information content (AvgIpc) is 2.06. The molecule has 0 radical (unpaired) electrons. The number of anilines is 1.